The van der Waals surface area contributed by atoms with Crippen LogP contribution in [0.5, 0.6) is 5.75 Å². The number of hydrogen-bond acceptors (Lipinski definition) is 9. The fourth-order valence-electron chi connectivity index (χ4n) is 4.00. The number of pyridine rings is 1. The molecule has 1 amide bonds. The van der Waals surface area contributed by atoms with E-state index in [-0.39, 0.29) is 41.5 Å². The van der Waals surface area contributed by atoms with Gasteiger partial charge in [-0.15, -0.1) is 0 Å². The zero-order valence-electron chi connectivity index (χ0n) is 20.3. The number of hydrogen-bond donors (Lipinski definition) is 1. The van der Waals surface area contributed by atoms with Gasteiger partial charge >= 0.3 is 6.18 Å². The van der Waals surface area contributed by atoms with Crippen LogP contribution in [0.1, 0.15) is 6.99 Å². The lowest BCUT2D eigenvalue weighted by Crippen LogP contribution is -2.50. The molecule has 5 N–H and O–H groups in total. The first kappa shape index (κ1) is 29.9. The van der Waals surface area contributed by atoms with Gasteiger partial charge in [0.1, 0.15) is 12.1 Å². The van der Waals surface area contributed by atoms with Gasteiger partial charge in [-0.25, -0.2) is 4.98 Å². The van der Waals surface area contributed by atoms with Gasteiger partial charge in [-0.1, -0.05) is 6.07 Å². The zero-order chi connectivity index (χ0) is 25.8. The van der Waals surface area contributed by atoms with Crippen LogP contribution in [0, 0.1) is 0 Å². The van der Waals surface area contributed by atoms with Crippen LogP contribution >= 0.6 is 23.5 Å². The molecule has 15 heteroatoms. The van der Waals surface area contributed by atoms with Crippen molar-refractivity contribution in [3.8, 4) is 5.75 Å². The first-order valence-corrected chi connectivity index (χ1v) is 12.9. The van der Waals surface area contributed by atoms with Gasteiger partial charge in [0.05, 0.1) is 11.1 Å². The van der Waals surface area contributed by atoms with Crippen molar-refractivity contribution in [2.45, 2.75) is 11.1 Å². The Bertz CT molecular complexity index is 1380. The number of ether oxygens (including phenoxy) is 1. The molecule has 10 nitrogen and oxygen atoms in total. The van der Waals surface area contributed by atoms with Crippen LogP contribution in [0.25, 0.3) is 10.9 Å². The maximum absolute atomic E-state index is 13.3. The van der Waals surface area contributed by atoms with Crippen LogP contribution in [0.3, 0.4) is 0 Å². The molecule has 2 aromatic carbocycles. The third kappa shape index (κ3) is 7.06. The van der Waals surface area contributed by atoms with E-state index in [1.165, 1.54) is 54.2 Å². The highest BCUT2D eigenvalue weighted by molar-refractivity contribution is 8.00. The Morgan fingerprint density at radius 1 is 1.05 bits per heavy atom. The number of anilines is 2. The lowest BCUT2D eigenvalue weighted by molar-refractivity contribution is -0.136. The van der Waals surface area contributed by atoms with Crippen LogP contribution in [0.2, 0.25) is 0 Å². The molecular weight excluding hydrogens is 557 g/mol. The van der Waals surface area contributed by atoms with Gasteiger partial charge in [-0.05, 0) is 54.4 Å². The maximum Gasteiger partial charge on any atom is 0.418 e. The Labute approximate surface area is 231 Å². The first-order chi connectivity index (χ1) is 17.9. The molecule has 5 rings (SSSR count). The van der Waals surface area contributed by atoms with E-state index < -0.39 is 11.7 Å². The lowest BCUT2D eigenvalue weighted by Gasteiger charge is -2.36. The molecule has 1 saturated heterocycles. The number of carbonyl (C=O) groups excluding carboxylic acids is 1. The van der Waals surface area contributed by atoms with E-state index in [0.717, 1.165) is 21.8 Å². The van der Waals surface area contributed by atoms with E-state index in [2.05, 4.69) is 24.0 Å². The van der Waals surface area contributed by atoms with Crippen LogP contribution in [-0.2, 0) is 11.0 Å². The number of amides is 1. The summed E-state index contributed by atoms with van der Waals surface area (Å²) in [6.45, 7) is 2.10. The second kappa shape index (κ2) is 12.9. The number of piperazine rings is 1. The van der Waals surface area contributed by atoms with Crippen molar-refractivity contribution >= 4 is 51.1 Å². The number of nitrogens with zero attached hydrogens (tertiary/aromatic N) is 5. The molecule has 4 aromatic rings. The number of alkyl halides is 3. The summed E-state index contributed by atoms with van der Waals surface area (Å²) in [5.41, 5.74) is 0.0268. The number of carbonyl (C=O) groups is 1. The molecule has 3 heterocycles. The van der Waals surface area contributed by atoms with Crippen molar-refractivity contribution in [3.63, 3.8) is 0 Å². The highest BCUT2D eigenvalue weighted by atomic mass is 32.2. The van der Waals surface area contributed by atoms with Crippen molar-refractivity contribution in [2.75, 3.05) is 42.4 Å². The molecule has 0 radical (unpaired) electrons. The van der Waals surface area contributed by atoms with Crippen LogP contribution in [0.15, 0.2) is 66.0 Å². The summed E-state index contributed by atoms with van der Waals surface area (Å²) < 4.78 is 52.7. The summed E-state index contributed by atoms with van der Waals surface area (Å²) in [7, 11) is 0. The number of benzene rings is 2. The Morgan fingerprint density at radius 2 is 1.79 bits per heavy atom. The lowest BCUT2D eigenvalue weighted by atomic mass is 10.1. The summed E-state index contributed by atoms with van der Waals surface area (Å²) in [6, 6.07) is 13.4. The average molecular weight is 585 g/mol. The van der Waals surface area contributed by atoms with E-state index in [0.29, 0.717) is 26.2 Å². The molecular formula is C24H27F3N6O4S2. The van der Waals surface area contributed by atoms with Gasteiger partial charge < -0.3 is 30.2 Å². The molecule has 0 bridgehead atoms. The molecule has 1 aliphatic rings. The predicted octanol–water partition coefficient (Wildman–Crippen LogP) is 3.55. The van der Waals surface area contributed by atoms with Gasteiger partial charge in [0, 0.05) is 61.3 Å². The number of para-hydroxylation sites is 1. The molecule has 0 spiro atoms. The third-order valence-electron chi connectivity index (χ3n) is 5.84. The monoisotopic (exact) mass is 584 g/mol. The number of nitrogens with one attached hydrogen (secondary N) is 1. The standard InChI is InChI=1S/C24H21F3N6O2S2.2H2O.H2/c25-24(26,27)19-3-1-2-18-20(8-9-28-22(18)19)35-14-21(34)33-12-10-32(11-13-33)16-4-6-17(7-5-16)36-31-23-29-15-30-37-23;;;/h1-9,15H,10-14H2,(H,29,30,31);2*1H2;1H. The van der Waals surface area contributed by atoms with Crippen molar-refractivity contribution in [2.24, 2.45) is 0 Å². The van der Waals surface area contributed by atoms with E-state index >= 15 is 0 Å². The molecule has 2 aromatic heterocycles. The minimum Gasteiger partial charge on any atom is -0.483 e. The van der Waals surface area contributed by atoms with Gasteiger partial charge in [-0.2, -0.15) is 17.5 Å². The largest absolute Gasteiger partial charge is 0.483 e. The Balaban J connectivity index is 0.00000187. The Kier molecular flexibility index (Phi) is 9.91. The second-order valence-corrected chi connectivity index (χ2v) is 9.77. The van der Waals surface area contributed by atoms with Crippen LogP contribution in [-0.4, -0.2) is 68.9 Å². The summed E-state index contributed by atoms with van der Waals surface area (Å²) in [5, 5.41) is 0.956. The smallest absolute Gasteiger partial charge is 0.418 e. The van der Waals surface area contributed by atoms with Crippen molar-refractivity contribution < 1.29 is 35.1 Å². The topological polar surface area (TPSA) is 146 Å². The highest BCUT2D eigenvalue weighted by Crippen LogP contribution is 2.36. The minimum absolute atomic E-state index is 0. The molecule has 0 unspecified atom stereocenters. The number of halogens is 3. The van der Waals surface area contributed by atoms with Crippen molar-refractivity contribution in [1.82, 2.24) is 19.2 Å². The Morgan fingerprint density at radius 3 is 2.46 bits per heavy atom. The summed E-state index contributed by atoms with van der Waals surface area (Å²) in [4.78, 5) is 25.7. The molecule has 0 saturated carbocycles. The van der Waals surface area contributed by atoms with Gasteiger partial charge in [-0.3, -0.25) is 9.78 Å². The molecule has 0 atom stereocenters. The van der Waals surface area contributed by atoms with Crippen LogP contribution in [0.4, 0.5) is 24.0 Å². The third-order valence-corrected chi connectivity index (χ3v) is 7.35. The fraction of sp³-hybridized carbons (Fsp3) is 0.250. The van der Waals surface area contributed by atoms with Crippen molar-refractivity contribution in [1.29, 1.82) is 0 Å². The number of fused-ring (bicyclic) bond motifs is 1. The number of aromatic nitrogens is 3. The number of rotatable bonds is 7. The summed E-state index contributed by atoms with van der Waals surface area (Å²) in [6.07, 6.45) is -1.77. The predicted molar refractivity (Wildman–Crippen MR) is 146 cm³/mol. The maximum atomic E-state index is 13.3. The summed E-state index contributed by atoms with van der Waals surface area (Å²) in [5.74, 6) is -0.0206. The quantitative estimate of drug-likeness (QED) is 0.325. The van der Waals surface area contributed by atoms with E-state index in [1.807, 2.05) is 24.3 Å². The van der Waals surface area contributed by atoms with Crippen molar-refractivity contribution in [3.05, 3.63) is 66.6 Å². The van der Waals surface area contributed by atoms with Gasteiger partial charge in [0.2, 0.25) is 5.13 Å². The van der Waals surface area contributed by atoms with E-state index in [1.54, 1.807) is 4.90 Å². The molecule has 1 fully saturated rings. The SMILES string of the molecule is O.O.O=C(COc1ccnc2c(C(F)(F)F)cccc12)N1CCN(c2ccc(SNc3ncns3)cc2)CC1.[HH]. The molecule has 210 valence electrons. The Hall–Kier alpha value is -3.66. The fourth-order valence-corrected chi connectivity index (χ4v) is 5.09. The zero-order valence-corrected chi connectivity index (χ0v) is 21.9. The molecule has 0 aliphatic carbocycles. The van der Waals surface area contributed by atoms with Gasteiger partial charge in [0.15, 0.2) is 6.61 Å². The molecule has 1 aliphatic heterocycles. The normalized spacial score (nSPS) is 13.4. The van der Waals surface area contributed by atoms with E-state index in [4.69, 9.17) is 4.74 Å². The highest BCUT2D eigenvalue weighted by Gasteiger charge is 2.33. The first-order valence-electron chi connectivity index (χ1n) is 11.3. The van der Waals surface area contributed by atoms with Gasteiger partial charge in [0.25, 0.3) is 5.91 Å². The minimum atomic E-state index is -4.53. The second-order valence-electron chi connectivity index (χ2n) is 8.11. The summed E-state index contributed by atoms with van der Waals surface area (Å²) >= 11 is 2.75. The average Bonchev–Trinajstić information content (AvgIpc) is 3.44. The molecule has 39 heavy (non-hydrogen) atoms. The van der Waals surface area contributed by atoms with E-state index in [9.17, 15) is 18.0 Å². The van der Waals surface area contributed by atoms with Crippen LogP contribution < -0.4 is 14.4 Å².